The van der Waals surface area contributed by atoms with Crippen LogP contribution in [0.3, 0.4) is 0 Å². The maximum atomic E-state index is 11.9. The van der Waals surface area contributed by atoms with Gasteiger partial charge in [0, 0.05) is 5.56 Å². The Bertz CT molecular complexity index is 1120. The molecule has 2 aromatic carbocycles. The van der Waals surface area contributed by atoms with Crippen LogP contribution in [0.25, 0.3) is 11.3 Å². The first-order valence-electron chi connectivity index (χ1n) is 8.15. The molecule has 0 unspecified atom stereocenters. The molecule has 6 nitrogen and oxygen atoms in total. The highest BCUT2D eigenvalue weighted by Crippen LogP contribution is 2.33. The summed E-state index contributed by atoms with van der Waals surface area (Å²) in [4.78, 5) is 17.2. The van der Waals surface area contributed by atoms with Crippen molar-refractivity contribution >= 4 is 12.2 Å². The van der Waals surface area contributed by atoms with Crippen LogP contribution in [-0.2, 0) is 6.61 Å². The Morgan fingerprint density at radius 1 is 1.11 bits per heavy atom. The van der Waals surface area contributed by atoms with Gasteiger partial charge < -0.3 is 14.5 Å². The Morgan fingerprint density at radius 2 is 1.85 bits per heavy atom. The highest BCUT2D eigenvalue weighted by molar-refractivity contribution is 7.71. The van der Waals surface area contributed by atoms with Crippen molar-refractivity contribution in [3.63, 3.8) is 0 Å². The maximum Gasteiger partial charge on any atom is 0.270 e. The van der Waals surface area contributed by atoms with E-state index in [1.807, 2.05) is 37.3 Å². The van der Waals surface area contributed by atoms with Crippen LogP contribution in [0.15, 0.2) is 47.3 Å². The van der Waals surface area contributed by atoms with E-state index in [2.05, 4.69) is 9.97 Å². The minimum Gasteiger partial charge on any atom is -0.493 e. The van der Waals surface area contributed by atoms with Gasteiger partial charge in [0.1, 0.15) is 18.2 Å². The molecule has 1 aromatic heterocycles. The second-order valence-electron chi connectivity index (χ2n) is 5.91. The van der Waals surface area contributed by atoms with Gasteiger partial charge in [-0.3, -0.25) is 9.78 Å². The molecule has 0 aliphatic carbocycles. The predicted octanol–water partition coefficient (Wildman–Crippen LogP) is 3.87. The zero-order chi connectivity index (χ0) is 19.4. The molecule has 7 heteroatoms. The Hall–Kier alpha value is -3.37. The van der Waals surface area contributed by atoms with Crippen LogP contribution >= 0.6 is 12.2 Å². The molecule has 0 aliphatic heterocycles. The van der Waals surface area contributed by atoms with Crippen LogP contribution < -0.4 is 15.0 Å². The molecule has 3 rings (SSSR count). The van der Waals surface area contributed by atoms with Gasteiger partial charge in [-0.05, 0) is 42.9 Å². The molecule has 0 bridgehead atoms. The highest BCUT2D eigenvalue weighted by Gasteiger charge is 2.13. The van der Waals surface area contributed by atoms with Crippen molar-refractivity contribution < 1.29 is 9.47 Å². The summed E-state index contributed by atoms with van der Waals surface area (Å²) >= 11 is 5.01. The number of hydrogen-bond acceptors (Lipinski definition) is 5. The van der Waals surface area contributed by atoms with Gasteiger partial charge in [-0.25, -0.2) is 0 Å². The summed E-state index contributed by atoms with van der Waals surface area (Å²) in [5.41, 5.74) is 2.59. The van der Waals surface area contributed by atoms with E-state index in [4.69, 9.17) is 21.7 Å². The number of nitriles is 1. The van der Waals surface area contributed by atoms with Crippen LogP contribution in [0.1, 0.15) is 16.7 Å². The number of H-pyrrole nitrogens is 2. The van der Waals surface area contributed by atoms with Gasteiger partial charge in [-0.1, -0.05) is 29.8 Å². The van der Waals surface area contributed by atoms with E-state index in [0.29, 0.717) is 29.4 Å². The molecule has 0 radical (unpaired) electrons. The fourth-order valence-corrected chi connectivity index (χ4v) is 2.79. The fourth-order valence-electron chi connectivity index (χ4n) is 2.60. The van der Waals surface area contributed by atoms with Gasteiger partial charge in [0.05, 0.1) is 12.8 Å². The quantitative estimate of drug-likeness (QED) is 0.657. The summed E-state index contributed by atoms with van der Waals surface area (Å²) in [6.45, 7) is 2.43. The van der Waals surface area contributed by atoms with Crippen molar-refractivity contribution in [1.29, 1.82) is 5.26 Å². The van der Waals surface area contributed by atoms with Crippen molar-refractivity contribution in [3.8, 4) is 28.8 Å². The largest absolute Gasteiger partial charge is 0.493 e. The van der Waals surface area contributed by atoms with Crippen molar-refractivity contribution in [2.45, 2.75) is 13.5 Å². The number of aryl methyl sites for hydroxylation is 1. The maximum absolute atomic E-state index is 11.9. The van der Waals surface area contributed by atoms with Crippen LogP contribution in [0.4, 0.5) is 0 Å². The molecule has 1 heterocycles. The fraction of sp³-hybridized carbons (Fsp3) is 0.150. The first-order chi connectivity index (χ1) is 13.0. The molecule has 0 atom stereocenters. The Balaban J connectivity index is 1.93. The minimum absolute atomic E-state index is 0.0426. The third kappa shape index (κ3) is 4.07. The standard InChI is InChI=1S/C20H17N3O3S/c1-12-3-5-13(6-4-12)11-26-16-8-7-14(9-17(16)25-2)18-15(10-21)19(24)23-20(27)22-18/h3-9H,11H2,1-2H3,(H2,22,23,24,27). The lowest BCUT2D eigenvalue weighted by Crippen LogP contribution is -2.13. The zero-order valence-corrected chi connectivity index (χ0v) is 15.6. The Labute approximate surface area is 161 Å². The van der Waals surface area contributed by atoms with Gasteiger partial charge in [0.15, 0.2) is 16.3 Å². The summed E-state index contributed by atoms with van der Waals surface area (Å²) in [7, 11) is 1.53. The van der Waals surface area contributed by atoms with Gasteiger partial charge in [0.25, 0.3) is 5.56 Å². The zero-order valence-electron chi connectivity index (χ0n) is 14.8. The Morgan fingerprint density at radius 3 is 2.52 bits per heavy atom. The van der Waals surface area contributed by atoms with Crippen molar-refractivity contribution in [3.05, 3.63) is 74.3 Å². The van der Waals surface area contributed by atoms with Crippen LogP contribution in [0.2, 0.25) is 0 Å². The van der Waals surface area contributed by atoms with Crippen molar-refractivity contribution in [2.24, 2.45) is 0 Å². The topological polar surface area (TPSA) is 90.9 Å². The van der Waals surface area contributed by atoms with Crippen molar-refractivity contribution in [2.75, 3.05) is 7.11 Å². The number of benzene rings is 2. The van der Waals surface area contributed by atoms with Crippen molar-refractivity contribution in [1.82, 2.24) is 9.97 Å². The molecular weight excluding hydrogens is 362 g/mol. The van der Waals surface area contributed by atoms with E-state index in [1.54, 1.807) is 18.2 Å². The summed E-state index contributed by atoms with van der Waals surface area (Å²) in [6.07, 6.45) is 0. The van der Waals surface area contributed by atoms with E-state index in [9.17, 15) is 10.1 Å². The third-order valence-electron chi connectivity index (χ3n) is 4.02. The lowest BCUT2D eigenvalue weighted by Gasteiger charge is -2.13. The number of hydrogen-bond donors (Lipinski definition) is 2. The third-order valence-corrected chi connectivity index (χ3v) is 4.23. The highest BCUT2D eigenvalue weighted by atomic mass is 32.1. The number of nitrogens with one attached hydrogen (secondary N) is 2. The SMILES string of the molecule is COc1cc(-c2[nH]c(=S)[nH]c(=O)c2C#N)ccc1OCc1ccc(C)cc1. The smallest absolute Gasteiger partial charge is 0.270 e. The first kappa shape index (κ1) is 18.4. The molecule has 0 spiro atoms. The second-order valence-corrected chi connectivity index (χ2v) is 6.32. The summed E-state index contributed by atoms with van der Waals surface area (Å²) in [5, 5.41) is 9.28. The lowest BCUT2D eigenvalue weighted by molar-refractivity contribution is 0.284. The van der Waals surface area contributed by atoms with Crippen LogP contribution in [-0.4, -0.2) is 17.1 Å². The number of nitrogens with zero attached hydrogens (tertiary/aromatic N) is 1. The van der Waals surface area contributed by atoms with E-state index >= 15 is 0 Å². The normalized spacial score (nSPS) is 10.3. The molecule has 27 heavy (non-hydrogen) atoms. The van der Waals surface area contributed by atoms with E-state index in [-0.39, 0.29) is 10.3 Å². The van der Waals surface area contributed by atoms with Gasteiger partial charge in [0.2, 0.25) is 0 Å². The van der Waals surface area contributed by atoms with Gasteiger partial charge in [-0.2, -0.15) is 5.26 Å². The summed E-state index contributed by atoms with van der Waals surface area (Å²) < 4.78 is 11.4. The number of aromatic amines is 2. The molecule has 2 N–H and O–H groups in total. The van der Waals surface area contributed by atoms with Crippen LogP contribution in [0, 0.1) is 23.0 Å². The van der Waals surface area contributed by atoms with Gasteiger partial charge >= 0.3 is 0 Å². The number of methoxy groups -OCH3 is 1. The number of ether oxygens (including phenoxy) is 2. The van der Waals surface area contributed by atoms with E-state index in [1.165, 1.54) is 12.7 Å². The van der Waals surface area contributed by atoms with E-state index in [0.717, 1.165) is 5.56 Å². The minimum atomic E-state index is -0.532. The lowest BCUT2D eigenvalue weighted by atomic mass is 10.1. The number of rotatable bonds is 5. The van der Waals surface area contributed by atoms with Gasteiger partial charge in [-0.15, -0.1) is 0 Å². The Kier molecular flexibility index (Phi) is 5.38. The molecule has 0 fully saturated rings. The molecule has 0 aliphatic rings. The summed E-state index contributed by atoms with van der Waals surface area (Å²) in [5.74, 6) is 1.05. The molecule has 136 valence electrons. The monoisotopic (exact) mass is 379 g/mol. The van der Waals surface area contributed by atoms with E-state index < -0.39 is 5.56 Å². The molecule has 3 aromatic rings. The molecular formula is C20H17N3O3S. The number of aromatic nitrogens is 2. The molecule has 0 saturated heterocycles. The summed E-state index contributed by atoms with van der Waals surface area (Å²) in [6, 6.07) is 15.1. The average molecular weight is 379 g/mol. The second kappa shape index (κ2) is 7.89. The predicted molar refractivity (Wildman–Crippen MR) is 104 cm³/mol. The molecule has 0 saturated carbocycles. The first-order valence-corrected chi connectivity index (χ1v) is 8.56. The van der Waals surface area contributed by atoms with Crippen LogP contribution in [0.5, 0.6) is 11.5 Å². The molecule has 0 amide bonds. The average Bonchev–Trinajstić information content (AvgIpc) is 2.67.